The molecule has 1 aromatic rings. The SMILES string of the molecule is OC(CC1CCCC1)c1sccc1Cl. The Bertz CT molecular complexity index is 291. The van der Waals surface area contributed by atoms with Gasteiger partial charge in [-0.25, -0.2) is 0 Å². The Labute approximate surface area is 93.7 Å². The summed E-state index contributed by atoms with van der Waals surface area (Å²) in [7, 11) is 0. The van der Waals surface area contributed by atoms with Gasteiger partial charge in [0, 0.05) is 0 Å². The van der Waals surface area contributed by atoms with Crippen molar-refractivity contribution in [2.24, 2.45) is 5.92 Å². The van der Waals surface area contributed by atoms with Crippen molar-refractivity contribution in [3.8, 4) is 0 Å². The van der Waals surface area contributed by atoms with Gasteiger partial charge in [-0.15, -0.1) is 11.3 Å². The Hall–Kier alpha value is -0.0500. The van der Waals surface area contributed by atoms with Crippen LogP contribution in [-0.4, -0.2) is 5.11 Å². The third-order valence-electron chi connectivity index (χ3n) is 2.98. The third-order valence-corrected chi connectivity index (χ3v) is 4.44. The molecule has 0 bridgehead atoms. The normalized spacial score (nSPS) is 20.1. The van der Waals surface area contributed by atoms with E-state index in [2.05, 4.69) is 0 Å². The smallest absolute Gasteiger partial charge is 0.0899 e. The first kappa shape index (κ1) is 10.5. The van der Waals surface area contributed by atoms with Crippen LogP contribution in [0.2, 0.25) is 5.02 Å². The summed E-state index contributed by atoms with van der Waals surface area (Å²) in [6.45, 7) is 0. The monoisotopic (exact) mass is 230 g/mol. The van der Waals surface area contributed by atoms with Crippen molar-refractivity contribution in [3.63, 3.8) is 0 Å². The Balaban J connectivity index is 1.95. The molecule has 3 heteroatoms. The van der Waals surface area contributed by atoms with E-state index < -0.39 is 0 Å². The van der Waals surface area contributed by atoms with Crippen LogP contribution in [0.25, 0.3) is 0 Å². The lowest BCUT2D eigenvalue weighted by molar-refractivity contribution is 0.148. The number of rotatable bonds is 3. The van der Waals surface area contributed by atoms with Gasteiger partial charge in [-0.3, -0.25) is 0 Å². The molecule has 0 radical (unpaired) electrons. The van der Waals surface area contributed by atoms with Crippen LogP contribution in [0.1, 0.15) is 43.1 Å². The van der Waals surface area contributed by atoms with Crippen molar-refractivity contribution in [2.75, 3.05) is 0 Å². The molecule has 1 N–H and O–H groups in total. The van der Waals surface area contributed by atoms with E-state index in [9.17, 15) is 5.11 Å². The largest absolute Gasteiger partial charge is 0.388 e. The van der Waals surface area contributed by atoms with Gasteiger partial charge in [0.1, 0.15) is 0 Å². The molecule has 0 aliphatic heterocycles. The lowest BCUT2D eigenvalue weighted by Gasteiger charge is -2.14. The molecule has 0 aromatic carbocycles. The first-order valence-electron chi connectivity index (χ1n) is 5.18. The van der Waals surface area contributed by atoms with Gasteiger partial charge in [0.2, 0.25) is 0 Å². The van der Waals surface area contributed by atoms with Crippen LogP contribution in [0, 0.1) is 5.92 Å². The molecule has 0 saturated heterocycles. The highest BCUT2D eigenvalue weighted by Crippen LogP contribution is 2.37. The fourth-order valence-corrected chi connectivity index (χ4v) is 3.39. The van der Waals surface area contributed by atoms with E-state index in [1.165, 1.54) is 25.7 Å². The Morgan fingerprint density at radius 1 is 1.50 bits per heavy atom. The minimum atomic E-state index is -0.342. The molecule has 0 amide bonds. The number of halogens is 1. The number of hydrogen-bond donors (Lipinski definition) is 1. The lowest BCUT2D eigenvalue weighted by atomic mass is 9.99. The van der Waals surface area contributed by atoms with Crippen LogP contribution >= 0.6 is 22.9 Å². The van der Waals surface area contributed by atoms with Gasteiger partial charge in [-0.1, -0.05) is 37.3 Å². The second kappa shape index (κ2) is 4.65. The van der Waals surface area contributed by atoms with E-state index in [-0.39, 0.29) is 6.10 Å². The van der Waals surface area contributed by atoms with Crippen molar-refractivity contribution in [2.45, 2.75) is 38.2 Å². The van der Waals surface area contributed by atoms with Gasteiger partial charge in [-0.05, 0) is 23.8 Å². The van der Waals surface area contributed by atoms with Crippen molar-refractivity contribution >= 4 is 22.9 Å². The van der Waals surface area contributed by atoms with E-state index in [1.807, 2.05) is 11.4 Å². The highest BCUT2D eigenvalue weighted by molar-refractivity contribution is 7.10. The first-order valence-corrected chi connectivity index (χ1v) is 6.44. The molecule has 1 unspecified atom stereocenters. The van der Waals surface area contributed by atoms with Gasteiger partial charge in [-0.2, -0.15) is 0 Å². The van der Waals surface area contributed by atoms with E-state index >= 15 is 0 Å². The second-order valence-electron chi connectivity index (χ2n) is 4.03. The maximum Gasteiger partial charge on any atom is 0.0899 e. The van der Waals surface area contributed by atoms with E-state index in [0.29, 0.717) is 5.92 Å². The lowest BCUT2D eigenvalue weighted by Crippen LogP contribution is -2.02. The zero-order chi connectivity index (χ0) is 9.97. The van der Waals surface area contributed by atoms with Gasteiger partial charge < -0.3 is 5.11 Å². The van der Waals surface area contributed by atoms with Crippen LogP contribution in [0.5, 0.6) is 0 Å². The maximum atomic E-state index is 9.98. The van der Waals surface area contributed by atoms with Crippen molar-refractivity contribution in [1.82, 2.24) is 0 Å². The molecule has 1 atom stereocenters. The Kier molecular flexibility index (Phi) is 3.47. The molecule has 0 spiro atoms. The predicted molar refractivity (Wildman–Crippen MR) is 60.9 cm³/mol. The van der Waals surface area contributed by atoms with Crippen LogP contribution < -0.4 is 0 Å². The number of aliphatic hydroxyl groups is 1. The second-order valence-corrected chi connectivity index (χ2v) is 5.39. The molecule has 1 saturated carbocycles. The van der Waals surface area contributed by atoms with Crippen LogP contribution in [-0.2, 0) is 0 Å². The topological polar surface area (TPSA) is 20.2 Å². The summed E-state index contributed by atoms with van der Waals surface area (Å²) in [4.78, 5) is 0.943. The summed E-state index contributed by atoms with van der Waals surface area (Å²) in [6, 6.07) is 1.86. The van der Waals surface area contributed by atoms with Crippen molar-refractivity contribution in [3.05, 3.63) is 21.3 Å². The summed E-state index contributed by atoms with van der Waals surface area (Å²) < 4.78 is 0. The van der Waals surface area contributed by atoms with Crippen LogP contribution in [0.4, 0.5) is 0 Å². The van der Waals surface area contributed by atoms with Gasteiger partial charge >= 0.3 is 0 Å². The Morgan fingerprint density at radius 3 is 2.79 bits per heavy atom. The minimum absolute atomic E-state index is 0.342. The quantitative estimate of drug-likeness (QED) is 0.832. The van der Waals surface area contributed by atoms with Crippen molar-refractivity contribution in [1.29, 1.82) is 0 Å². The fourth-order valence-electron chi connectivity index (χ4n) is 2.21. The average molecular weight is 231 g/mol. The minimum Gasteiger partial charge on any atom is -0.388 e. The molecule has 78 valence electrons. The fraction of sp³-hybridized carbons (Fsp3) is 0.636. The summed E-state index contributed by atoms with van der Waals surface area (Å²) in [5, 5.41) is 12.6. The molecule has 14 heavy (non-hydrogen) atoms. The molecule has 1 aromatic heterocycles. The van der Waals surface area contributed by atoms with E-state index in [0.717, 1.165) is 16.3 Å². The molecular weight excluding hydrogens is 216 g/mol. The van der Waals surface area contributed by atoms with E-state index in [4.69, 9.17) is 11.6 Å². The first-order chi connectivity index (χ1) is 6.77. The highest BCUT2D eigenvalue weighted by atomic mass is 35.5. The summed E-state index contributed by atoms with van der Waals surface area (Å²) in [5.74, 6) is 0.711. The standard InChI is InChI=1S/C11H15ClOS/c12-9-5-6-14-11(9)10(13)7-8-3-1-2-4-8/h5-6,8,10,13H,1-4,7H2. The van der Waals surface area contributed by atoms with Gasteiger partial charge in [0.05, 0.1) is 16.0 Å². The van der Waals surface area contributed by atoms with Crippen LogP contribution in [0.3, 0.4) is 0 Å². The average Bonchev–Trinajstić information content (AvgIpc) is 2.75. The highest BCUT2D eigenvalue weighted by Gasteiger charge is 2.21. The van der Waals surface area contributed by atoms with E-state index in [1.54, 1.807) is 11.3 Å². The third kappa shape index (κ3) is 2.30. The molecule has 1 fully saturated rings. The molecule has 1 nitrogen and oxygen atoms in total. The Morgan fingerprint density at radius 2 is 2.21 bits per heavy atom. The van der Waals surface area contributed by atoms with Gasteiger partial charge in [0.15, 0.2) is 0 Å². The van der Waals surface area contributed by atoms with Crippen molar-refractivity contribution < 1.29 is 5.11 Å². The number of hydrogen-bond acceptors (Lipinski definition) is 2. The zero-order valence-electron chi connectivity index (χ0n) is 8.08. The summed E-state index contributed by atoms with van der Waals surface area (Å²) >= 11 is 7.53. The molecule has 1 aliphatic carbocycles. The predicted octanol–water partition coefficient (Wildman–Crippen LogP) is 4.02. The molecule has 2 rings (SSSR count). The molecular formula is C11H15ClOS. The summed E-state index contributed by atoms with van der Waals surface area (Å²) in [6.07, 6.45) is 5.76. The maximum absolute atomic E-state index is 9.98. The summed E-state index contributed by atoms with van der Waals surface area (Å²) in [5.41, 5.74) is 0. The van der Waals surface area contributed by atoms with Crippen LogP contribution in [0.15, 0.2) is 11.4 Å². The zero-order valence-corrected chi connectivity index (χ0v) is 9.65. The molecule has 1 heterocycles. The number of thiophene rings is 1. The number of aliphatic hydroxyl groups excluding tert-OH is 1. The molecule has 1 aliphatic rings. The van der Waals surface area contributed by atoms with Gasteiger partial charge in [0.25, 0.3) is 0 Å².